The Hall–Kier alpha value is -0.620. The summed E-state index contributed by atoms with van der Waals surface area (Å²) < 4.78 is 31.8. The molecule has 1 aromatic rings. The Morgan fingerprint density at radius 2 is 2.05 bits per heavy atom. The second-order valence-corrected chi connectivity index (χ2v) is 7.24. The van der Waals surface area contributed by atoms with E-state index in [9.17, 15) is 8.42 Å². The average molecular weight is 320 g/mol. The molecule has 0 amide bonds. The van der Waals surface area contributed by atoms with E-state index in [0.717, 1.165) is 5.56 Å². The van der Waals surface area contributed by atoms with Crippen molar-refractivity contribution in [2.75, 3.05) is 26.8 Å². The van der Waals surface area contributed by atoms with Gasteiger partial charge in [0.1, 0.15) is 0 Å². The van der Waals surface area contributed by atoms with E-state index in [2.05, 4.69) is 0 Å². The first-order valence-electron chi connectivity index (χ1n) is 6.55. The molecule has 4 nitrogen and oxygen atoms in total. The largest absolute Gasteiger partial charge is 0.383 e. The quantitative estimate of drug-likeness (QED) is 0.692. The molecule has 0 aromatic heterocycles. The van der Waals surface area contributed by atoms with E-state index < -0.39 is 10.0 Å². The third-order valence-corrected chi connectivity index (χ3v) is 4.97. The summed E-state index contributed by atoms with van der Waals surface area (Å²) in [4.78, 5) is 0.285. The molecule has 0 aliphatic heterocycles. The molecule has 0 radical (unpaired) electrons. The third-order valence-electron chi connectivity index (χ3n) is 2.80. The Morgan fingerprint density at radius 3 is 2.60 bits per heavy atom. The second-order valence-electron chi connectivity index (χ2n) is 5.03. The van der Waals surface area contributed by atoms with E-state index in [0.29, 0.717) is 25.6 Å². The van der Waals surface area contributed by atoms with Crippen LogP contribution in [0.4, 0.5) is 0 Å². The van der Waals surface area contributed by atoms with Crippen LogP contribution in [-0.2, 0) is 20.6 Å². The summed E-state index contributed by atoms with van der Waals surface area (Å²) in [6.45, 7) is 5.18. The van der Waals surface area contributed by atoms with E-state index in [1.807, 2.05) is 19.9 Å². The van der Waals surface area contributed by atoms with Crippen molar-refractivity contribution in [1.82, 2.24) is 4.31 Å². The van der Waals surface area contributed by atoms with Crippen LogP contribution in [-0.4, -0.2) is 39.5 Å². The van der Waals surface area contributed by atoms with Crippen molar-refractivity contribution in [1.29, 1.82) is 0 Å². The topological polar surface area (TPSA) is 46.6 Å². The molecule has 0 fully saturated rings. The summed E-state index contributed by atoms with van der Waals surface area (Å²) in [6, 6.07) is 6.76. The summed E-state index contributed by atoms with van der Waals surface area (Å²) in [7, 11) is -1.94. The number of benzene rings is 1. The summed E-state index contributed by atoms with van der Waals surface area (Å²) >= 11 is 5.77. The monoisotopic (exact) mass is 319 g/mol. The molecule has 0 saturated heterocycles. The Bertz CT molecular complexity index is 517. The van der Waals surface area contributed by atoms with Gasteiger partial charge in [-0.1, -0.05) is 26.0 Å². The van der Waals surface area contributed by atoms with Crippen LogP contribution in [0.1, 0.15) is 19.4 Å². The van der Waals surface area contributed by atoms with Crippen molar-refractivity contribution in [3.05, 3.63) is 29.8 Å². The van der Waals surface area contributed by atoms with Crippen molar-refractivity contribution in [2.45, 2.75) is 24.6 Å². The van der Waals surface area contributed by atoms with Gasteiger partial charge in [0.15, 0.2) is 0 Å². The van der Waals surface area contributed by atoms with E-state index in [4.69, 9.17) is 16.3 Å². The van der Waals surface area contributed by atoms with Crippen LogP contribution in [0.15, 0.2) is 29.2 Å². The lowest BCUT2D eigenvalue weighted by atomic mass is 10.2. The first kappa shape index (κ1) is 17.4. The lowest BCUT2D eigenvalue weighted by molar-refractivity contribution is 0.175. The number of rotatable bonds is 8. The number of hydrogen-bond donors (Lipinski definition) is 0. The molecule has 0 bridgehead atoms. The van der Waals surface area contributed by atoms with Gasteiger partial charge in [0.25, 0.3) is 0 Å². The lowest BCUT2D eigenvalue weighted by Gasteiger charge is -2.23. The van der Waals surface area contributed by atoms with Crippen LogP contribution in [0.5, 0.6) is 0 Å². The SMILES string of the molecule is COCCN(CC(C)C)S(=O)(=O)c1cccc(CCl)c1. The minimum Gasteiger partial charge on any atom is -0.383 e. The maximum Gasteiger partial charge on any atom is 0.243 e. The highest BCUT2D eigenvalue weighted by molar-refractivity contribution is 7.89. The average Bonchev–Trinajstić information content (AvgIpc) is 2.43. The number of nitrogens with zero attached hydrogens (tertiary/aromatic N) is 1. The van der Waals surface area contributed by atoms with Gasteiger partial charge in [0, 0.05) is 26.1 Å². The smallest absolute Gasteiger partial charge is 0.243 e. The molecule has 0 unspecified atom stereocenters. The number of alkyl halides is 1. The van der Waals surface area contributed by atoms with E-state index in [1.165, 1.54) is 4.31 Å². The van der Waals surface area contributed by atoms with Crippen LogP contribution in [0.2, 0.25) is 0 Å². The summed E-state index contributed by atoms with van der Waals surface area (Å²) in [5, 5.41) is 0. The highest BCUT2D eigenvalue weighted by Gasteiger charge is 2.25. The molecule has 114 valence electrons. The molecule has 0 saturated carbocycles. The molecular weight excluding hydrogens is 298 g/mol. The fraction of sp³-hybridized carbons (Fsp3) is 0.571. The predicted octanol–water partition coefficient (Wildman–Crippen LogP) is 2.72. The van der Waals surface area contributed by atoms with Gasteiger partial charge in [0.2, 0.25) is 10.0 Å². The molecule has 0 atom stereocenters. The second kappa shape index (κ2) is 7.98. The maximum atomic E-state index is 12.7. The van der Waals surface area contributed by atoms with Crippen LogP contribution in [0.3, 0.4) is 0 Å². The molecular formula is C14H22ClNO3S. The first-order chi connectivity index (χ1) is 9.41. The molecule has 0 N–H and O–H groups in total. The summed E-state index contributed by atoms with van der Waals surface area (Å²) in [6.07, 6.45) is 0. The molecule has 1 aromatic carbocycles. The number of methoxy groups -OCH3 is 1. The first-order valence-corrected chi connectivity index (χ1v) is 8.53. The van der Waals surface area contributed by atoms with Crippen LogP contribution in [0.25, 0.3) is 0 Å². The Labute approximate surface area is 126 Å². The third kappa shape index (κ3) is 4.74. The van der Waals surface area contributed by atoms with Crippen LogP contribution in [0, 0.1) is 5.92 Å². The highest BCUT2D eigenvalue weighted by Crippen LogP contribution is 2.19. The Balaban J connectivity index is 3.07. The number of hydrogen-bond acceptors (Lipinski definition) is 3. The zero-order chi connectivity index (χ0) is 15.2. The number of sulfonamides is 1. The molecule has 0 aliphatic rings. The van der Waals surface area contributed by atoms with Gasteiger partial charge in [-0.25, -0.2) is 8.42 Å². The molecule has 1 rings (SSSR count). The standard InChI is InChI=1S/C14H22ClNO3S/c1-12(2)11-16(7-8-19-3)20(17,18)14-6-4-5-13(9-14)10-15/h4-6,9,12H,7-8,10-11H2,1-3H3. The molecule has 0 spiro atoms. The van der Waals surface area contributed by atoms with E-state index in [1.54, 1.807) is 25.3 Å². The van der Waals surface area contributed by atoms with Crippen LogP contribution < -0.4 is 0 Å². The minimum absolute atomic E-state index is 0.248. The summed E-state index contributed by atoms with van der Waals surface area (Å²) in [5.41, 5.74) is 0.795. The van der Waals surface area contributed by atoms with E-state index in [-0.39, 0.29) is 10.8 Å². The van der Waals surface area contributed by atoms with E-state index >= 15 is 0 Å². The van der Waals surface area contributed by atoms with Crippen LogP contribution >= 0.6 is 11.6 Å². The normalized spacial score (nSPS) is 12.3. The highest BCUT2D eigenvalue weighted by atomic mass is 35.5. The van der Waals surface area contributed by atoms with Gasteiger partial charge in [-0.2, -0.15) is 4.31 Å². The minimum atomic E-state index is -3.51. The lowest BCUT2D eigenvalue weighted by Crippen LogP contribution is -2.36. The fourth-order valence-electron chi connectivity index (χ4n) is 1.85. The molecule has 0 heterocycles. The molecule has 0 aliphatic carbocycles. The summed E-state index contributed by atoms with van der Waals surface area (Å²) in [5.74, 6) is 0.545. The van der Waals surface area contributed by atoms with Gasteiger partial charge in [-0.05, 0) is 23.6 Å². The van der Waals surface area contributed by atoms with Gasteiger partial charge in [-0.3, -0.25) is 0 Å². The van der Waals surface area contributed by atoms with Gasteiger partial charge in [0.05, 0.1) is 11.5 Å². The zero-order valence-corrected chi connectivity index (χ0v) is 13.7. The van der Waals surface area contributed by atoms with Crippen molar-refractivity contribution in [3.63, 3.8) is 0 Å². The maximum absolute atomic E-state index is 12.7. The molecule has 6 heteroatoms. The van der Waals surface area contributed by atoms with Crippen molar-refractivity contribution >= 4 is 21.6 Å². The van der Waals surface area contributed by atoms with Crippen molar-refractivity contribution in [2.24, 2.45) is 5.92 Å². The number of halogens is 1. The molecule has 20 heavy (non-hydrogen) atoms. The van der Waals surface area contributed by atoms with Gasteiger partial charge < -0.3 is 4.74 Å². The van der Waals surface area contributed by atoms with Gasteiger partial charge in [-0.15, -0.1) is 11.6 Å². The predicted molar refractivity (Wildman–Crippen MR) is 81.5 cm³/mol. The Morgan fingerprint density at radius 1 is 1.35 bits per heavy atom. The Kier molecular flexibility index (Phi) is 6.95. The van der Waals surface area contributed by atoms with Gasteiger partial charge >= 0.3 is 0 Å². The van der Waals surface area contributed by atoms with Crippen molar-refractivity contribution < 1.29 is 13.2 Å². The van der Waals surface area contributed by atoms with Crippen molar-refractivity contribution in [3.8, 4) is 0 Å². The zero-order valence-electron chi connectivity index (χ0n) is 12.2. The number of ether oxygens (including phenoxy) is 1. The fourth-order valence-corrected chi connectivity index (χ4v) is 3.67.